The second kappa shape index (κ2) is 7.20. The molecule has 0 atom stereocenters. The minimum absolute atomic E-state index is 0.530. The van der Waals surface area contributed by atoms with Gasteiger partial charge in [-0.05, 0) is 28.5 Å². The Balaban J connectivity index is 1.78. The largest absolute Gasteiger partial charge is 0.494 e. The Morgan fingerprint density at radius 1 is 1.00 bits per heavy atom. The van der Waals surface area contributed by atoms with Crippen molar-refractivity contribution in [1.82, 2.24) is 0 Å². The van der Waals surface area contributed by atoms with Crippen molar-refractivity contribution in [3.63, 3.8) is 0 Å². The average molecular weight is 322 g/mol. The summed E-state index contributed by atoms with van der Waals surface area (Å²) in [6.45, 7) is 0. The lowest BCUT2D eigenvalue weighted by Crippen LogP contribution is -2.06. The molecule has 0 heterocycles. The van der Waals surface area contributed by atoms with Gasteiger partial charge in [0.25, 0.3) is 0 Å². The highest BCUT2D eigenvalue weighted by atomic mass is 32.2. The highest BCUT2D eigenvalue weighted by Crippen LogP contribution is 2.28. The molecular formula is C19H18N2OS. The summed E-state index contributed by atoms with van der Waals surface area (Å²) in [6.07, 6.45) is 0. The first-order chi connectivity index (χ1) is 11.3. The zero-order valence-electron chi connectivity index (χ0n) is 12.9. The lowest BCUT2D eigenvalue weighted by molar-refractivity contribution is 0.416. The van der Waals surface area contributed by atoms with Crippen LogP contribution in [-0.2, 0) is 5.75 Å². The maximum absolute atomic E-state index is 6.08. The van der Waals surface area contributed by atoms with Gasteiger partial charge in [0, 0.05) is 5.75 Å². The second-order valence-electron chi connectivity index (χ2n) is 5.05. The van der Waals surface area contributed by atoms with Crippen LogP contribution in [0.15, 0.2) is 71.7 Å². The minimum Gasteiger partial charge on any atom is -0.494 e. The van der Waals surface area contributed by atoms with Gasteiger partial charge in [-0.1, -0.05) is 66.4 Å². The number of nitrogens with zero attached hydrogens (tertiary/aromatic N) is 1. The normalized spacial score (nSPS) is 11.6. The van der Waals surface area contributed by atoms with Gasteiger partial charge in [0.05, 0.1) is 7.11 Å². The van der Waals surface area contributed by atoms with Crippen LogP contribution in [0.25, 0.3) is 10.8 Å². The van der Waals surface area contributed by atoms with Crippen LogP contribution in [0.1, 0.15) is 5.56 Å². The van der Waals surface area contributed by atoms with E-state index in [1.54, 1.807) is 7.11 Å². The Morgan fingerprint density at radius 3 is 2.61 bits per heavy atom. The SMILES string of the molecule is COc1ccccc1N=C(N)SCc1cccc2ccccc12. The van der Waals surface area contributed by atoms with E-state index in [0.717, 1.165) is 17.2 Å². The number of amidine groups is 1. The number of aliphatic imine (C=N–C) groups is 1. The monoisotopic (exact) mass is 322 g/mol. The quantitative estimate of drug-likeness (QED) is 0.558. The first-order valence-electron chi connectivity index (χ1n) is 7.34. The van der Waals surface area contributed by atoms with Crippen molar-refractivity contribution in [2.24, 2.45) is 10.7 Å². The van der Waals surface area contributed by atoms with Crippen LogP contribution in [0.3, 0.4) is 0 Å². The van der Waals surface area contributed by atoms with E-state index in [2.05, 4.69) is 47.5 Å². The third-order valence-electron chi connectivity index (χ3n) is 3.57. The number of rotatable bonds is 4. The van der Waals surface area contributed by atoms with E-state index in [0.29, 0.717) is 5.17 Å². The third-order valence-corrected chi connectivity index (χ3v) is 4.41. The Hall–Kier alpha value is -2.46. The molecule has 23 heavy (non-hydrogen) atoms. The summed E-state index contributed by atoms with van der Waals surface area (Å²) in [7, 11) is 1.63. The molecule has 0 aliphatic rings. The molecule has 3 aromatic carbocycles. The summed E-state index contributed by atoms with van der Waals surface area (Å²) >= 11 is 1.53. The first kappa shape index (κ1) is 15.4. The molecule has 0 unspecified atom stereocenters. The van der Waals surface area contributed by atoms with E-state index in [9.17, 15) is 0 Å². The van der Waals surface area contributed by atoms with Crippen molar-refractivity contribution >= 4 is 33.4 Å². The highest BCUT2D eigenvalue weighted by Gasteiger charge is 2.04. The van der Waals surface area contributed by atoms with Gasteiger partial charge in [-0.3, -0.25) is 0 Å². The van der Waals surface area contributed by atoms with Crippen molar-refractivity contribution in [3.8, 4) is 5.75 Å². The molecule has 3 nitrogen and oxygen atoms in total. The average Bonchev–Trinajstić information content (AvgIpc) is 2.60. The molecular weight excluding hydrogens is 304 g/mol. The predicted octanol–water partition coefficient (Wildman–Crippen LogP) is 4.73. The Kier molecular flexibility index (Phi) is 4.83. The fourth-order valence-corrected chi connectivity index (χ4v) is 3.16. The van der Waals surface area contributed by atoms with Crippen molar-refractivity contribution < 1.29 is 4.74 Å². The number of thioether (sulfide) groups is 1. The maximum atomic E-state index is 6.08. The number of para-hydroxylation sites is 2. The predicted molar refractivity (Wildman–Crippen MR) is 99.5 cm³/mol. The molecule has 3 aromatic rings. The molecule has 2 N–H and O–H groups in total. The van der Waals surface area contributed by atoms with Crippen LogP contribution in [0, 0.1) is 0 Å². The molecule has 0 bridgehead atoms. The van der Waals surface area contributed by atoms with Crippen molar-refractivity contribution in [3.05, 3.63) is 72.3 Å². The van der Waals surface area contributed by atoms with Gasteiger partial charge in [0.2, 0.25) is 0 Å². The molecule has 0 saturated heterocycles. The molecule has 0 amide bonds. The van der Waals surface area contributed by atoms with Crippen molar-refractivity contribution in [2.45, 2.75) is 5.75 Å². The van der Waals surface area contributed by atoms with Crippen LogP contribution in [-0.4, -0.2) is 12.3 Å². The molecule has 3 rings (SSSR count). The Morgan fingerprint density at radius 2 is 1.74 bits per heavy atom. The summed E-state index contributed by atoms with van der Waals surface area (Å²) in [6, 6.07) is 22.3. The highest BCUT2D eigenvalue weighted by molar-refractivity contribution is 8.13. The summed E-state index contributed by atoms with van der Waals surface area (Å²) in [4.78, 5) is 4.46. The lowest BCUT2D eigenvalue weighted by atomic mass is 10.1. The van der Waals surface area contributed by atoms with Gasteiger partial charge in [0.1, 0.15) is 11.4 Å². The number of ether oxygens (including phenoxy) is 1. The number of hydrogen-bond donors (Lipinski definition) is 1. The van der Waals surface area contributed by atoms with Crippen LogP contribution >= 0.6 is 11.8 Å². The molecule has 0 radical (unpaired) electrons. The van der Waals surface area contributed by atoms with E-state index < -0.39 is 0 Å². The van der Waals surface area contributed by atoms with E-state index in [1.807, 2.05) is 24.3 Å². The summed E-state index contributed by atoms with van der Waals surface area (Å²) in [5.74, 6) is 1.51. The molecule has 0 saturated carbocycles. The van der Waals surface area contributed by atoms with Gasteiger partial charge >= 0.3 is 0 Å². The smallest absolute Gasteiger partial charge is 0.159 e. The third kappa shape index (κ3) is 3.66. The number of methoxy groups -OCH3 is 1. The zero-order valence-corrected chi connectivity index (χ0v) is 13.7. The molecule has 0 aliphatic heterocycles. The van der Waals surface area contributed by atoms with Crippen molar-refractivity contribution in [2.75, 3.05) is 7.11 Å². The Labute approximate surface area is 140 Å². The van der Waals surface area contributed by atoms with Gasteiger partial charge in [-0.25, -0.2) is 4.99 Å². The molecule has 116 valence electrons. The van der Waals surface area contributed by atoms with Crippen molar-refractivity contribution in [1.29, 1.82) is 0 Å². The van der Waals surface area contributed by atoms with Gasteiger partial charge in [-0.15, -0.1) is 0 Å². The number of nitrogens with two attached hydrogens (primary N) is 1. The summed E-state index contributed by atoms with van der Waals surface area (Å²) in [5.41, 5.74) is 8.08. The maximum Gasteiger partial charge on any atom is 0.159 e. The number of benzene rings is 3. The van der Waals surface area contributed by atoms with E-state index >= 15 is 0 Å². The fraction of sp³-hybridized carbons (Fsp3) is 0.105. The number of hydrogen-bond acceptors (Lipinski definition) is 3. The summed E-state index contributed by atoms with van der Waals surface area (Å²) in [5, 5.41) is 3.03. The van der Waals surface area contributed by atoms with Crippen LogP contribution in [0.4, 0.5) is 5.69 Å². The number of fused-ring (bicyclic) bond motifs is 1. The van der Waals surface area contributed by atoms with E-state index in [4.69, 9.17) is 10.5 Å². The lowest BCUT2D eigenvalue weighted by Gasteiger charge is -2.07. The van der Waals surface area contributed by atoms with E-state index in [-0.39, 0.29) is 0 Å². The molecule has 0 aromatic heterocycles. The zero-order chi connectivity index (χ0) is 16.1. The van der Waals surface area contributed by atoms with Gasteiger partial charge in [-0.2, -0.15) is 0 Å². The van der Waals surface area contributed by atoms with Crippen LogP contribution < -0.4 is 10.5 Å². The Bertz CT molecular complexity index is 840. The van der Waals surface area contributed by atoms with E-state index in [1.165, 1.54) is 28.1 Å². The fourth-order valence-electron chi connectivity index (χ4n) is 2.44. The minimum atomic E-state index is 0.530. The van der Waals surface area contributed by atoms with Gasteiger partial charge in [0.15, 0.2) is 5.17 Å². The van der Waals surface area contributed by atoms with Crippen LogP contribution in [0.5, 0.6) is 5.75 Å². The van der Waals surface area contributed by atoms with Gasteiger partial charge < -0.3 is 10.5 Å². The molecule has 4 heteroatoms. The summed E-state index contributed by atoms with van der Waals surface area (Å²) < 4.78 is 5.29. The molecule has 0 fully saturated rings. The molecule has 0 spiro atoms. The first-order valence-corrected chi connectivity index (χ1v) is 8.33. The standard InChI is InChI=1S/C19H18N2OS/c1-22-18-12-5-4-11-17(18)21-19(20)23-13-15-9-6-8-14-7-2-3-10-16(14)15/h2-12H,13H2,1H3,(H2,20,21). The second-order valence-corrected chi connectivity index (χ2v) is 6.04. The van der Waals surface area contributed by atoms with Crippen LogP contribution in [0.2, 0.25) is 0 Å². The topological polar surface area (TPSA) is 47.6 Å². The molecule has 0 aliphatic carbocycles.